The number of nitrogens with zero attached hydrogens (tertiary/aromatic N) is 2. The van der Waals surface area contributed by atoms with Crippen molar-refractivity contribution in [2.75, 3.05) is 5.32 Å². The number of hydrogen-bond acceptors (Lipinski definition) is 3. The molecule has 2 aromatic rings. The summed E-state index contributed by atoms with van der Waals surface area (Å²) in [4.78, 5) is 35.2. The third kappa shape index (κ3) is 3.24. The van der Waals surface area contributed by atoms with Gasteiger partial charge in [-0.05, 0) is 24.3 Å². The van der Waals surface area contributed by atoms with Crippen molar-refractivity contribution >= 4 is 27.5 Å². The molecule has 0 aliphatic heterocycles. The first-order chi connectivity index (χ1) is 9.47. The maximum Gasteiger partial charge on any atom is 0.331 e. The van der Waals surface area contributed by atoms with Gasteiger partial charge in [-0.2, -0.15) is 0 Å². The Balaban J connectivity index is 2.17. The van der Waals surface area contributed by atoms with E-state index in [9.17, 15) is 14.4 Å². The largest absolute Gasteiger partial charge is 0.331 e. The van der Waals surface area contributed by atoms with Gasteiger partial charge < -0.3 is 9.88 Å². The zero-order valence-electron chi connectivity index (χ0n) is 10.7. The Kier molecular flexibility index (Phi) is 4.19. The summed E-state index contributed by atoms with van der Waals surface area (Å²) in [5, 5.41) is 2.62. The topological polar surface area (TPSA) is 73.1 Å². The molecule has 1 aromatic heterocycles. The molecule has 0 radical (unpaired) electrons. The van der Waals surface area contributed by atoms with Gasteiger partial charge in [0.05, 0.1) is 0 Å². The van der Waals surface area contributed by atoms with Gasteiger partial charge in [0.15, 0.2) is 0 Å². The summed E-state index contributed by atoms with van der Waals surface area (Å²) >= 11 is 3.29. The van der Waals surface area contributed by atoms with E-state index in [0.29, 0.717) is 5.69 Å². The minimum absolute atomic E-state index is 0.317. The lowest BCUT2D eigenvalue weighted by Gasteiger charge is -2.07. The second-order valence-electron chi connectivity index (χ2n) is 4.19. The summed E-state index contributed by atoms with van der Waals surface area (Å²) in [5.74, 6) is -0.433. The Morgan fingerprint density at radius 3 is 2.50 bits per heavy atom. The van der Waals surface area contributed by atoms with Crippen LogP contribution in [0.2, 0.25) is 0 Å². The van der Waals surface area contributed by atoms with Crippen LogP contribution in [-0.4, -0.2) is 15.0 Å². The number of hydrogen-bond donors (Lipinski definition) is 1. The number of aryl methyl sites for hydroxylation is 1. The molecule has 104 valence electrons. The molecular weight excluding hydrogens is 326 g/mol. The third-order valence-corrected chi connectivity index (χ3v) is 3.20. The molecule has 0 bridgehead atoms. The van der Waals surface area contributed by atoms with Crippen molar-refractivity contribution in [3.05, 3.63) is 61.8 Å². The summed E-state index contributed by atoms with van der Waals surface area (Å²) in [6, 6.07) is 8.24. The zero-order chi connectivity index (χ0) is 14.7. The molecule has 7 heteroatoms. The van der Waals surface area contributed by atoms with Gasteiger partial charge in [-0.3, -0.25) is 14.2 Å². The van der Waals surface area contributed by atoms with Gasteiger partial charge in [0, 0.05) is 29.5 Å². The first-order valence-corrected chi connectivity index (χ1v) is 6.58. The quantitative estimate of drug-likeness (QED) is 0.906. The lowest BCUT2D eigenvalue weighted by atomic mass is 10.3. The van der Waals surface area contributed by atoms with Crippen LogP contribution < -0.4 is 16.6 Å². The number of rotatable bonds is 3. The van der Waals surface area contributed by atoms with Crippen LogP contribution in [0.5, 0.6) is 0 Å². The molecule has 0 unspecified atom stereocenters. The van der Waals surface area contributed by atoms with Gasteiger partial charge in [0.1, 0.15) is 6.54 Å². The number of amides is 1. The van der Waals surface area contributed by atoms with Gasteiger partial charge in [-0.15, -0.1) is 0 Å². The molecule has 20 heavy (non-hydrogen) atoms. The number of anilines is 1. The Hall–Kier alpha value is -2.15. The molecule has 0 saturated carbocycles. The van der Waals surface area contributed by atoms with E-state index in [4.69, 9.17) is 0 Å². The van der Waals surface area contributed by atoms with Crippen LogP contribution in [0.4, 0.5) is 5.69 Å². The number of nitrogens with one attached hydrogen (secondary N) is 1. The van der Waals surface area contributed by atoms with Crippen molar-refractivity contribution in [2.24, 2.45) is 7.05 Å². The monoisotopic (exact) mass is 337 g/mol. The molecular formula is C13H12BrN3O3. The predicted molar refractivity (Wildman–Crippen MR) is 78.7 cm³/mol. The van der Waals surface area contributed by atoms with E-state index in [2.05, 4.69) is 21.2 Å². The molecule has 0 aliphatic rings. The van der Waals surface area contributed by atoms with E-state index < -0.39 is 17.2 Å². The summed E-state index contributed by atoms with van der Waals surface area (Å²) in [6.07, 6.45) is 1.37. The summed E-state index contributed by atoms with van der Waals surface area (Å²) in [6.45, 7) is -0.317. The second kappa shape index (κ2) is 5.87. The number of carbonyl (C=O) groups excluding carboxylic acids is 1. The highest BCUT2D eigenvalue weighted by Crippen LogP contribution is 2.13. The smallest absolute Gasteiger partial charge is 0.325 e. The first kappa shape index (κ1) is 14.3. The number of benzene rings is 1. The molecule has 1 heterocycles. The van der Waals surface area contributed by atoms with Crippen molar-refractivity contribution in [1.82, 2.24) is 9.13 Å². The van der Waals surface area contributed by atoms with E-state index in [1.807, 2.05) is 0 Å². The van der Waals surface area contributed by atoms with E-state index >= 15 is 0 Å². The molecule has 0 fully saturated rings. The van der Waals surface area contributed by atoms with Crippen LogP contribution in [0, 0.1) is 0 Å². The Morgan fingerprint density at radius 1 is 1.20 bits per heavy atom. The van der Waals surface area contributed by atoms with Crippen LogP contribution in [0.3, 0.4) is 0 Å². The molecule has 1 aromatic carbocycles. The second-order valence-corrected chi connectivity index (χ2v) is 5.10. The molecule has 0 atom stereocenters. The van der Waals surface area contributed by atoms with E-state index in [1.165, 1.54) is 23.9 Å². The SMILES string of the molecule is Cn1ccc(=O)n(CC(=O)Nc2ccc(Br)cc2)c1=O. The van der Waals surface area contributed by atoms with Gasteiger partial charge in [-0.25, -0.2) is 4.79 Å². The minimum atomic E-state index is -0.525. The highest BCUT2D eigenvalue weighted by molar-refractivity contribution is 9.10. The predicted octanol–water partition coefficient (Wildman–Crippen LogP) is 0.948. The molecule has 1 N–H and O–H groups in total. The molecule has 0 saturated heterocycles. The number of halogens is 1. The first-order valence-electron chi connectivity index (χ1n) is 5.79. The Bertz CT molecular complexity index is 747. The fraction of sp³-hybridized carbons (Fsp3) is 0.154. The number of carbonyl (C=O) groups is 1. The highest BCUT2D eigenvalue weighted by Gasteiger charge is 2.08. The molecule has 0 spiro atoms. The van der Waals surface area contributed by atoms with Crippen LogP contribution in [-0.2, 0) is 18.4 Å². The van der Waals surface area contributed by atoms with Crippen molar-refractivity contribution in [1.29, 1.82) is 0 Å². The van der Waals surface area contributed by atoms with Gasteiger partial charge >= 0.3 is 5.69 Å². The van der Waals surface area contributed by atoms with Gasteiger partial charge in [-0.1, -0.05) is 15.9 Å². The van der Waals surface area contributed by atoms with Gasteiger partial charge in [0.2, 0.25) is 5.91 Å². The zero-order valence-corrected chi connectivity index (χ0v) is 12.3. The average molecular weight is 338 g/mol. The number of aromatic nitrogens is 2. The standard InChI is InChI=1S/C13H12BrN3O3/c1-16-7-6-12(19)17(13(16)20)8-11(18)15-10-4-2-9(14)3-5-10/h2-7H,8H2,1H3,(H,15,18). The van der Waals surface area contributed by atoms with E-state index in [0.717, 1.165) is 9.04 Å². The Morgan fingerprint density at radius 2 is 1.85 bits per heavy atom. The molecule has 1 amide bonds. The average Bonchev–Trinajstić information content (AvgIpc) is 2.42. The third-order valence-electron chi connectivity index (χ3n) is 2.67. The van der Waals surface area contributed by atoms with Crippen LogP contribution >= 0.6 is 15.9 Å². The fourth-order valence-corrected chi connectivity index (χ4v) is 1.90. The van der Waals surface area contributed by atoms with Crippen LogP contribution in [0.1, 0.15) is 0 Å². The van der Waals surface area contributed by atoms with Crippen molar-refractivity contribution in [2.45, 2.75) is 6.54 Å². The molecule has 0 aliphatic carbocycles. The minimum Gasteiger partial charge on any atom is -0.325 e. The normalized spacial score (nSPS) is 10.3. The summed E-state index contributed by atoms with van der Waals surface area (Å²) in [5.41, 5.74) is -0.429. The van der Waals surface area contributed by atoms with E-state index in [1.54, 1.807) is 24.3 Å². The molecule has 2 rings (SSSR count). The van der Waals surface area contributed by atoms with Crippen LogP contribution in [0.15, 0.2) is 50.6 Å². The van der Waals surface area contributed by atoms with Crippen LogP contribution in [0.25, 0.3) is 0 Å². The Labute approximate surface area is 122 Å². The highest BCUT2D eigenvalue weighted by atomic mass is 79.9. The van der Waals surface area contributed by atoms with Crippen molar-refractivity contribution in [3.63, 3.8) is 0 Å². The maximum absolute atomic E-state index is 11.9. The fourth-order valence-electron chi connectivity index (χ4n) is 1.64. The van der Waals surface area contributed by atoms with Crippen molar-refractivity contribution < 1.29 is 4.79 Å². The lowest BCUT2D eigenvalue weighted by Crippen LogP contribution is -2.40. The summed E-state index contributed by atoms with van der Waals surface area (Å²) in [7, 11) is 1.52. The van der Waals surface area contributed by atoms with Gasteiger partial charge in [0.25, 0.3) is 5.56 Å². The van der Waals surface area contributed by atoms with Crippen molar-refractivity contribution in [3.8, 4) is 0 Å². The lowest BCUT2D eigenvalue weighted by molar-refractivity contribution is -0.116. The molecule has 6 nitrogen and oxygen atoms in total. The van der Waals surface area contributed by atoms with E-state index in [-0.39, 0.29) is 6.54 Å². The maximum atomic E-state index is 11.9. The summed E-state index contributed by atoms with van der Waals surface area (Å²) < 4.78 is 3.02.